The first-order valence-corrected chi connectivity index (χ1v) is 7.80. The van der Waals surface area contributed by atoms with Gasteiger partial charge in [-0.05, 0) is 37.8 Å². The Balaban J connectivity index is 1.72. The van der Waals surface area contributed by atoms with Gasteiger partial charge in [-0.1, -0.05) is 12.1 Å². The van der Waals surface area contributed by atoms with Crippen LogP contribution in [0, 0.1) is 5.92 Å². The van der Waals surface area contributed by atoms with Crippen molar-refractivity contribution in [3.05, 3.63) is 30.0 Å². The summed E-state index contributed by atoms with van der Waals surface area (Å²) in [6, 6.07) is 7.77. The zero-order chi connectivity index (χ0) is 15.1. The highest BCUT2D eigenvalue weighted by molar-refractivity contribution is 5.98. The smallest absolute Gasteiger partial charge is 0.227 e. The molecule has 0 spiro atoms. The lowest BCUT2D eigenvalue weighted by molar-refractivity contribution is -0.117. The highest BCUT2D eigenvalue weighted by atomic mass is 16.5. The van der Waals surface area contributed by atoms with Gasteiger partial charge in [-0.15, -0.1) is 0 Å². The van der Waals surface area contributed by atoms with E-state index in [0.29, 0.717) is 5.92 Å². The van der Waals surface area contributed by atoms with E-state index in [1.54, 1.807) is 7.11 Å². The second-order valence-electron chi connectivity index (χ2n) is 6.13. The standard InChI is InChI=1S/C17H19N3O2/c1-22-13-4-2-3-12(9-13)15-16(18-17(21)11-7-8-11)14(19-20-15)10-5-6-10/h2-4,9-11H,5-8H2,1H3,(H,18,21)(H,19,20). The number of H-pyrrole nitrogens is 1. The number of hydrogen-bond acceptors (Lipinski definition) is 3. The summed E-state index contributed by atoms with van der Waals surface area (Å²) in [5, 5.41) is 10.7. The number of carbonyl (C=O) groups is 1. The van der Waals surface area contributed by atoms with Gasteiger partial charge in [-0.3, -0.25) is 9.89 Å². The maximum atomic E-state index is 12.2. The van der Waals surface area contributed by atoms with Gasteiger partial charge in [0, 0.05) is 17.4 Å². The van der Waals surface area contributed by atoms with E-state index in [0.717, 1.165) is 54.1 Å². The Labute approximate surface area is 129 Å². The molecule has 5 nitrogen and oxygen atoms in total. The van der Waals surface area contributed by atoms with Crippen molar-refractivity contribution in [2.24, 2.45) is 5.92 Å². The van der Waals surface area contributed by atoms with Gasteiger partial charge in [0.2, 0.25) is 5.91 Å². The molecule has 0 radical (unpaired) electrons. The molecule has 1 heterocycles. The Morgan fingerprint density at radius 1 is 1.32 bits per heavy atom. The molecule has 5 heteroatoms. The first kappa shape index (κ1) is 13.4. The number of carbonyl (C=O) groups excluding carboxylic acids is 1. The quantitative estimate of drug-likeness (QED) is 0.889. The fourth-order valence-electron chi connectivity index (χ4n) is 2.70. The molecule has 0 unspecified atom stereocenters. The molecule has 0 atom stereocenters. The first-order chi connectivity index (χ1) is 10.8. The zero-order valence-electron chi connectivity index (χ0n) is 12.6. The lowest BCUT2D eigenvalue weighted by Crippen LogP contribution is -2.14. The van der Waals surface area contributed by atoms with Crippen LogP contribution in [0.15, 0.2) is 24.3 Å². The predicted octanol–water partition coefficient (Wildman–Crippen LogP) is 3.31. The summed E-state index contributed by atoms with van der Waals surface area (Å²) in [6.45, 7) is 0. The maximum absolute atomic E-state index is 12.2. The molecule has 1 amide bonds. The average molecular weight is 297 g/mol. The van der Waals surface area contributed by atoms with Crippen molar-refractivity contribution in [1.29, 1.82) is 0 Å². The highest BCUT2D eigenvalue weighted by Gasteiger charge is 2.34. The van der Waals surface area contributed by atoms with Gasteiger partial charge >= 0.3 is 0 Å². The number of amides is 1. The number of methoxy groups -OCH3 is 1. The minimum absolute atomic E-state index is 0.118. The predicted molar refractivity (Wildman–Crippen MR) is 83.9 cm³/mol. The summed E-state index contributed by atoms with van der Waals surface area (Å²) in [7, 11) is 1.65. The molecule has 2 fully saturated rings. The summed E-state index contributed by atoms with van der Waals surface area (Å²) in [4.78, 5) is 12.2. The molecule has 2 aliphatic rings. The second kappa shape index (κ2) is 5.16. The van der Waals surface area contributed by atoms with Crippen LogP contribution in [0.4, 0.5) is 5.69 Å². The fraction of sp³-hybridized carbons (Fsp3) is 0.412. The number of hydrogen-bond donors (Lipinski definition) is 2. The topological polar surface area (TPSA) is 67.0 Å². The van der Waals surface area contributed by atoms with Gasteiger partial charge in [-0.2, -0.15) is 5.10 Å². The van der Waals surface area contributed by atoms with Crippen LogP contribution in [-0.4, -0.2) is 23.2 Å². The van der Waals surface area contributed by atoms with E-state index in [-0.39, 0.29) is 11.8 Å². The summed E-state index contributed by atoms with van der Waals surface area (Å²) in [5.74, 6) is 1.59. The zero-order valence-corrected chi connectivity index (χ0v) is 12.6. The number of anilines is 1. The van der Waals surface area contributed by atoms with Crippen molar-refractivity contribution in [2.75, 3.05) is 12.4 Å². The van der Waals surface area contributed by atoms with Crippen molar-refractivity contribution in [1.82, 2.24) is 10.2 Å². The molecule has 2 saturated carbocycles. The molecule has 0 bridgehead atoms. The van der Waals surface area contributed by atoms with Crippen LogP contribution in [0.2, 0.25) is 0 Å². The van der Waals surface area contributed by atoms with Gasteiger partial charge < -0.3 is 10.1 Å². The van der Waals surface area contributed by atoms with Crippen molar-refractivity contribution in [2.45, 2.75) is 31.6 Å². The van der Waals surface area contributed by atoms with Gasteiger partial charge in [0.1, 0.15) is 11.4 Å². The molecule has 114 valence electrons. The molecule has 22 heavy (non-hydrogen) atoms. The van der Waals surface area contributed by atoms with E-state index in [9.17, 15) is 4.79 Å². The van der Waals surface area contributed by atoms with Gasteiger partial charge in [-0.25, -0.2) is 0 Å². The molecule has 1 aromatic carbocycles. The van der Waals surface area contributed by atoms with Crippen molar-refractivity contribution >= 4 is 11.6 Å². The molecule has 2 aliphatic carbocycles. The Bertz CT molecular complexity index is 714. The van der Waals surface area contributed by atoms with E-state index < -0.39 is 0 Å². The third-order valence-corrected chi connectivity index (χ3v) is 4.32. The highest BCUT2D eigenvalue weighted by Crippen LogP contribution is 2.45. The third kappa shape index (κ3) is 2.47. The monoisotopic (exact) mass is 297 g/mol. The van der Waals surface area contributed by atoms with Crippen molar-refractivity contribution in [3.63, 3.8) is 0 Å². The Kier molecular flexibility index (Phi) is 3.13. The molecule has 2 aromatic rings. The van der Waals surface area contributed by atoms with Gasteiger partial charge in [0.15, 0.2) is 0 Å². The maximum Gasteiger partial charge on any atom is 0.227 e. The molecular weight excluding hydrogens is 278 g/mol. The Morgan fingerprint density at radius 3 is 2.82 bits per heavy atom. The lowest BCUT2D eigenvalue weighted by Gasteiger charge is -2.08. The number of nitrogens with one attached hydrogen (secondary N) is 2. The Morgan fingerprint density at radius 2 is 2.14 bits per heavy atom. The van der Waals surface area contributed by atoms with E-state index >= 15 is 0 Å². The van der Waals surface area contributed by atoms with E-state index in [4.69, 9.17) is 4.74 Å². The number of rotatable bonds is 5. The summed E-state index contributed by atoms with van der Waals surface area (Å²) >= 11 is 0. The van der Waals surface area contributed by atoms with Crippen LogP contribution >= 0.6 is 0 Å². The number of nitrogens with zero attached hydrogens (tertiary/aromatic N) is 1. The first-order valence-electron chi connectivity index (χ1n) is 7.80. The van der Waals surface area contributed by atoms with Crippen LogP contribution in [0.25, 0.3) is 11.3 Å². The molecule has 0 saturated heterocycles. The lowest BCUT2D eigenvalue weighted by atomic mass is 10.1. The molecule has 4 rings (SSSR count). The summed E-state index contributed by atoms with van der Waals surface area (Å²) in [5.41, 5.74) is 3.67. The summed E-state index contributed by atoms with van der Waals surface area (Å²) < 4.78 is 5.29. The number of ether oxygens (including phenoxy) is 1. The second-order valence-corrected chi connectivity index (χ2v) is 6.13. The number of aromatic nitrogens is 2. The van der Waals surface area contributed by atoms with Crippen molar-refractivity contribution in [3.8, 4) is 17.0 Å². The van der Waals surface area contributed by atoms with Gasteiger partial charge in [0.25, 0.3) is 0 Å². The van der Waals surface area contributed by atoms with Crippen LogP contribution < -0.4 is 10.1 Å². The molecule has 2 N–H and O–H groups in total. The Hall–Kier alpha value is -2.30. The molecule has 1 aromatic heterocycles. The van der Waals surface area contributed by atoms with E-state index in [1.807, 2.05) is 24.3 Å². The van der Waals surface area contributed by atoms with E-state index in [1.165, 1.54) is 0 Å². The minimum atomic E-state index is 0.118. The van der Waals surface area contributed by atoms with Crippen LogP contribution in [0.1, 0.15) is 37.3 Å². The van der Waals surface area contributed by atoms with E-state index in [2.05, 4.69) is 15.5 Å². The average Bonchev–Trinajstić information content (AvgIpc) is 3.45. The van der Waals surface area contributed by atoms with Crippen LogP contribution in [0.5, 0.6) is 5.75 Å². The number of benzene rings is 1. The number of aromatic amines is 1. The molecular formula is C17H19N3O2. The normalized spacial score (nSPS) is 17.3. The van der Waals surface area contributed by atoms with Crippen molar-refractivity contribution < 1.29 is 9.53 Å². The summed E-state index contributed by atoms with van der Waals surface area (Å²) in [6.07, 6.45) is 4.31. The van der Waals surface area contributed by atoms with Crippen LogP contribution in [0.3, 0.4) is 0 Å². The largest absolute Gasteiger partial charge is 0.497 e. The fourth-order valence-corrected chi connectivity index (χ4v) is 2.70. The third-order valence-electron chi connectivity index (χ3n) is 4.32. The van der Waals surface area contributed by atoms with Crippen LogP contribution in [-0.2, 0) is 4.79 Å². The van der Waals surface area contributed by atoms with Gasteiger partial charge in [0.05, 0.1) is 18.5 Å². The minimum Gasteiger partial charge on any atom is -0.497 e. The SMILES string of the molecule is COc1cccc(-c2n[nH]c(C3CC3)c2NC(=O)C2CC2)c1. The molecule has 0 aliphatic heterocycles.